The summed E-state index contributed by atoms with van der Waals surface area (Å²) in [7, 11) is 0. The fourth-order valence-electron chi connectivity index (χ4n) is 2.40. The van der Waals surface area contributed by atoms with Gasteiger partial charge < -0.3 is 9.47 Å². The number of unbranched alkanes of at least 4 members (excludes halogenated alkanes) is 4. The van der Waals surface area contributed by atoms with Crippen molar-refractivity contribution in [2.45, 2.75) is 79.1 Å². The van der Waals surface area contributed by atoms with Crippen molar-refractivity contribution >= 4 is 13.5 Å². The van der Waals surface area contributed by atoms with Crippen molar-refractivity contribution in [1.82, 2.24) is 9.80 Å². The van der Waals surface area contributed by atoms with Crippen molar-refractivity contribution in [3.05, 3.63) is 0 Å². The van der Waals surface area contributed by atoms with Gasteiger partial charge >= 0.3 is 0 Å². The lowest BCUT2D eigenvalue weighted by atomic mass is 10.3. The third kappa shape index (κ3) is 17.0. The van der Waals surface area contributed by atoms with Gasteiger partial charge in [0.25, 0.3) is 0 Å². The van der Waals surface area contributed by atoms with Gasteiger partial charge in [0.1, 0.15) is 20.3 Å². The van der Waals surface area contributed by atoms with E-state index in [1.807, 2.05) is 0 Å². The summed E-state index contributed by atoms with van der Waals surface area (Å²) in [5, 5.41) is 0. The number of nitrogens with zero attached hydrogens (tertiary/aromatic N) is 2. The Morgan fingerprint density at radius 2 is 0.833 bits per heavy atom. The highest BCUT2D eigenvalue weighted by molar-refractivity contribution is 7.59. The molecule has 0 rings (SSSR count). The zero-order valence-electron chi connectivity index (χ0n) is 16.8. The standard InChI is InChI=1S/C19H42N2O2.H2S/c1-5-9-13-20(14-10-6-2)17-22-19-23-18-21(15-11-7-3)16-12-8-4;/h5-19H2,1-4H3;1H2. The Bertz CT molecular complexity index is 195. The molecule has 0 saturated heterocycles. The Morgan fingerprint density at radius 1 is 0.542 bits per heavy atom. The van der Waals surface area contributed by atoms with E-state index in [9.17, 15) is 0 Å². The van der Waals surface area contributed by atoms with Crippen LogP contribution in [-0.4, -0.2) is 56.2 Å². The monoisotopic (exact) mass is 364 g/mol. The number of hydrogen-bond acceptors (Lipinski definition) is 4. The first-order valence-corrected chi connectivity index (χ1v) is 9.88. The van der Waals surface area contributed by atoms with Crippen molar-refractivity contribution in [1.29, 1.82) is 0 Å². The van der Waals surface area contributed by atoms with E-state index in [1.165, 1.54) is 51.4 Å². The van der Waals surface area contributed by atoms with Gasteiger partial charge in [-0.05, 0) is 25.7 Å². The Balaban J connectivity index is 0. The second kappa shape index (κ2) is 21.2. The van der Waals surface area contributed by atoms with E-state index < -0.39 is 0 Å². The molecule has 0 N–H and O–H groups in total. The first kappa shape index (κ1) is 26.4. The van der Waals surface area contributed by atoms with Crippen LogP contribution in [0.15, 0.2) is 0 Å². The largest absolute Gasteiger partial charge is 0.340 e. The molecule has 0 unspecified atom stereocenters. The summed E-state index contributed by atoms with van der Waals surface area (Å²) in [6.45, 7) is 15.3. The fraction of sp³-hybridized carbons (Fsp3) is 1.00. The summed E-state index contributed by atoms with van der Waals surface area (Å²) < 4.78 is 11.5. The summed E-state index contributed by atoms with van der Waals surface area (Å²) in [6, 6.07) is 0. The minimum absolute atomic E-state index is 0. The fourth-order valence-corrected chi connectivity index (χ4v) is 2.40. The van der Waals surface area contributed by atoms with Crippen molar-refractivity contribution in [2.24, 2.45) is 0 Å². The molecule has 0 aliphatic heterocycles. The predicted octanol–water partition coefficient (Wildman–Crippen LogP) is 4.81. The molecule has 0 atom stereocenters. The van der Waals surface area contributed by atoms with Gasteiger partial charge in [-0.2, -0.15) is 13.5 Å². The molecular weight excluding hydrogens is 320 g/mol. The van der Waals surface area contributed by atoms with Crippen molar-refractivity contribution in [3.63, 3.8) is 0 Å². The molecule has 5 heteroatoms. The molecule has 0 amide bonds. The highest BCUT2D eigenvalue weighted by Crippen LogP contribution is 2.01. The van der Waals surface area contributed by atoms with Crippen molar-refractivity contribution < 1.29 is 9.47 Å². The molecule has 0 heterocycles. The van der Waals surface area contributed by atoms with Crippen LogP contribution in [0.2, 0.25) is 0 Å². The van der Waals surface area contributed by atoms with Gasteiger partial charge in [0.15, 0.2) is 0 Å². The zero-order valence-corrected chi connectivity index (χ0v) is 17.8. The van der Waals surface area contributed by atoms with E-state index >= 15 is 0 Å². The van der Waals surface area contributed by atoms with E-state index in [-0.39, 0.29) is 13.5 Å². The van der Waals surface area contributed by atoms with E-state index in [2.05, 4.69) is 37.5 Å². The Morgan fingerprint density at radius 3 is 1.08 bits per heavy atom. The Kier molecular flexibility index (Phi) is 23.4. The topological polar surface area (TPSA) is 24.9 Å². The highest BCUT2D eigenvalue weighted by atomic mass is 32.1. The van der Waals surface area contributed by atoms with Crippen LogP contribution in [-0.2, 0) is 9.47 Å². The third-order valence-electron chi connectivity index (χ3n) is 4.03. The van der Waals surface area contributed by atoms with Crippen molar-refractivity contribution in [2.75, 3.05) is 46.4 Å². The molecule has 0 aromatic rings. The molecule has 0 aromatic heterocycles. The normalized spacial score (nSPS) is 11.2. The Labute approximate surface area is 158 Å². The van der Waals surface area contributed by atoms with Crippen molar-refractivity contribution in [3.8, 4) is 0 Å². The van der Waals surface area contributed by atoms with Gasteiger partial charge in [-0.1, -0.05) is 53.4 Å². The van der Waals surface area contributed by atoms with Crippen LogP contribution in [0.5, 0.6) is 0 Å². The SMILES string of the molecule is CCCCN(CCCC)COCOCN(CCCC)CCCC.S. The average Bonchev–Trinajstić information content (AvgIpc) is 2.57. The van der Waals surface area contributed by atoms with Gasteiger partial charge in [0.05, 0.1) is 0 Å². The van der Waals surface area contributed by atoms with Crippen LogP contribution < -0.4 is 0 Å². The highest BCUT2D eigenvalue weighted by Gasteiger charge is 2.06. The summed E-state index contributed by atoms with van der Waals surface area (Å²) in [5.74, 6) is 0. The lowest BCUT2D eigenvalue weighted by Gasteiger charge is -2.23. The molecule has 24 heavy (non-hydrogen) atoms. The molecular formula is C19H44N2O2S. The van der Waals surface area contributed by atoms with E-state index in [0.29, 0.717) is 20.3 Å². The summed E-state index contributed by atoms with van der Waals surface area (Å²) in [5.41, 5.74) is 0. The van der Waals surface area contributed by atoms with Gasteiger partial charge in [0.2, 0.25) is 0 Å². The second-order valence-electron chi connectivity index (χ2n) is 6.43. The minimum Gasteiger partial charge on any atom is -0.340 e. The molecule has 0 aromatic carbocycles. The van der Waals surface area contributed by atoms with Gasteiger partial charge in [0, 0.05) is 26.2 Å². The quantitative estimate of drug-likeness (QED) is 0.257. The van der Waals surface area contributed by atoms with Crippen LogP contribution >= 0.6 is 13.5 Å². The number of ether oxygens (including phenoxy) is 2. The smallest absolute Gasteiger partial charge is 0.150 e. The van der Waals surface area contributed by atoms with Crippen LogP contribution in [0.25, 0.3) is 0 Å². The maximum absolute atomic E-state index is 5.73. The van der Waals surface area contributed by atoms with Gasteiger partial charge in [-0.3, -0.25) is 9.80 Å². The van der Waals surface area contributed by atoms with E-state index in [4.69, 9.17) is 9.47 Å². The molecule has 0 saturated carbocycles. The molecule has 0 fully saturated rings. The molecule has 0 aliphatic carbocycles. The van der Waals surface area contributed by atoms with Crippen LogP contribution in [0.4, 0.5) is 0 Å². The summed E-state index contributed by atoms with van der Waals surface area (Å²) >= 11 is 0. The number of rotatable bonds is 18. The first-order chi connectivity index (χ1) is 11.3. The lowest BCUT2D eigenvalue weighted by Crippen LogP contribution is -2.31. The average molecular weight is 365 g/mol. The lowest BCUT2D eigenvalue weighted by molar-refractivity contribution is -0.116. The second-order valence-corrected chi connectivity index (χ2v) is 6.43. The molecule has 4 nitrogen and oxygen atoms in total. The summed E-state index contributed by atoms with van der Waals surface area (Å²) in [6.07, 6.45) is 9.94. The molecule has 0 radical (unpaired) electrons. The predicted molar refractivity (Wildman–Crippen MR) is 110 cm³/mol. The van der Waals surface area contributed by atoms with Crippen LogP contribution in [0.1, 0.15) is 79.1 Å². The zero-order chi connectivity index (χ0) is 17.2. The molecule has 0 aliphatic rings. The third-order valence-corrected chi connectivity index (χ3v) is 4.03. The van der Waals surface area contributed by atoms with E-state index in [1.54, 1.807) is 0 Å². The summed E-state index contributed by atoms with van der Waals surface area (Å²) in [4.78, 5) is 4.81. The maximum Gasteiger partial charge on any atom is 0.150 e. The molecule has 148 valence electrons. The Hall–Kier alpha value is 0.190. The first-order valence-electron chi connectivity index (χ1n) is 9.88. The molecule has 0 spiro atoms. The van der Waals surface area contributed by atoms with Crippen LogP contribution in [0, 0.1) is 0 Å². The van der Waals surface area contributed by atoms with Gasteiger partial charge in [-0.25, -0.2) is 0 Å². The maximum atomic E-state index is 5.73. The van der Waals surface area contributed by atoms with E-state index in [0.717, 1.165) is 26.2 Å². The van der Waals surface area contributed by atoms with Gasteiger partial charge in [-0.15, -0.1) is 0 Å². The number of hydrogen-bond donors (Lipinski definition) is 0. The minimum atomic E-state index is 0. The van der Waals surface area contributed by atoms with Crippen LogP contribution in [0.3, 0.4) is 0 Å². The molecule has 0 bridgehead atoms.